The van der Waals surface area contributed by atoms with Crippen LogP contribution in [-0.2, 0) is 17.9 Å². The van der Waals surface area contributed by atoms with Crippen molar-refractivity contribution in [3.63, 3.8) is 0 Å². The Morgan fingerprint density at radius 1 is 1.24 bits per heavy atom. The van der Waals surface area contributed by atoms with Gasteiger partial charge in [0.05, 0.1) is 12.7 Å². The molecule has 116 valence electrons. The average molecular weight is 291 g/mol. The Labute approximate surface area is 127 Å². The summed E-state index contributed by atoms with van der Waals surface area (Å²) in [7, 11) is 0. The van der Waals surface area contributed by atoms with E-state index in [4.69, 9.17) is 4.74 Å². The van der Waals surface area contributed by atoms with Gasteiger partial charge in [0.1, 0.15) is 5.82 Å². The molecule has 2 nitrogen and oxygen atoms in total. The average Bonchev–Trinajstić information content (AvgIpc) is 3.29. The summed E-state index contributed by atoms with van der Waals surface area (Å²) in [5.41, 5.74) is 1.85. The minimum Gasteiger partial charge on any atom is -0.373 e. The van der Waals surface area contributed by atoms with Gasteiger partial charge in [-0.1, -0.05) is 25.8 Å². The highest BCUT2D eigenvalue weighted by Gasteiger charge is 2.21. The Morgan fingerprint density at radius 2 is 2.10 bits per heavy atom. The van der Waals surface area contributed by atoms with E-state index in [0.29, 0.717) is 24.3 Å². The number of hydrogen-bond donors (Lipinski definition) is 1. The van der Waals surface area contributed by atoms with Crippen LogP contribution in [0.15, 0.2) is 18.2 Å². The summed E-state index contributed by atoms with van der Waals surface area (Å²) in [4.78, 5) is 0. The van der Waals surface area contributed by atoms with Crippen molar-refractivity contribution in [3.05, 3.63) is 35.1 Å². The first-order valence-corrected chi connectivity index (χ1v) is 8.33. The van der Waals surface area contributed by atoms with E-state index in [0.717, 1.165) is 30.9 Å². The fourth-order valence-electron chi connectivity index (χ4n) is 3.14. The zero-order valence-electron chi connectivity index (χ0n) is 12.9. The van der Waals surface area contributed by atoms with E-state index < -0.39 is 0 Å². The molecule has 0 aromatic heterocycles. The third kappa shape index (κ3) is 4.52. The van der Waals surface area contributed by atoms with Crippen LogP contribution in [0.4, 0.5) is 4.39 Å². The lowest BCUT2D eigenvalue weighted by Crippen LogP contribution is -2.21. The van der Waals surface area contributed by atoms with Crippen LogP contribution in [-0.4, -0.2) is 12.1 Å². The van der Waals surface area contributed by atoms with Gasteiger partial charge in [0.2, 0.25) is 0 Å². The molecule has 2 atom stereocenters. The Morgan fingerprint density at radius 3 is 2.86 bits per heavy atom. The number of rotatable bonds is 6. The first-order valence-electron chi connectivity index (χ1n) is 8.33. The SMILES string of the molecule is CC1CCCC(OCc2cc(CNC3CC3)ccc2F)C1. The monoisotopic (exact) mass is 291 g/mol. The summed E-state index contributed by atoms with van der Waals surface area (Å²) < 4.78 is 19.9. The second kappa shape index (κ2) is 6.89. The lowest BCUT2D eigenvalue weighted by atomic mass is 9.89. The number of hydrogen-bond acceptors (Lipinski definition) is 2. The van der Waals surface area contributed by atoms with Crippen molar-refractivity contribution < 1.29 is 9.13 Å². The van der Waals surface area contributed by atoms with E-state index in [2.05, 4.69) is 12.2 Å². The first-order chi connectivity index (χ1) is 10.2. The van der Waals surface area contributed by atoms with Crippen LogP contribution < -0.4 is 5.32 Å². The molecule has 0 saturated heterocycles. The van der Waals surface area contributed by atoms with Gasteiger partial charge in [-0.25, -0.2) is 4.39 Å². The molecule has 0 heterocycles. The van der Waals surface area contributed by atoms with Crippen molar-refractivity contribution in [2.75, 3.05) is 0 Å². The van der Waals surface area contributed by atoms with Crippen molar-refractivity contribution in [1.82, 2.24) is 5.32 Å². The van der Waals surface area contributed by atoms with E-state index in [1.807, 2.05) is 12.1 Å². The van der Waals surface area contributed by atoms with Gasteiger partial charge in [-0.3, -0.25) is 0 Å². The number of benzene rings is 1. The number of halogens is 1. The number of ether oxygens (including phenoxy) is 1. The molecule has 2 unspecified atom stereocenters. The lowest BCUT2D eigenvalue weighted by molar-refractivity contribution is 0.00350. The largest absolute Gasteiger partial charge is 0.373 e. The minimum atomic E-state index is -0.144. The molecule has 0 amide bonds. The van der Waals surface area contributed by atoms with Crippen molar-refractivity contribution >= 4 is 0 Å². The van der Waals surface area contributed by atoms with Gasteiger partial charge in [0.15, 0.2) is 0 Å². The van der Waals surface area contributed by atoms with Crippen LogP contribution in [0.25, 0.3) is 0 Å². The third-order valence-corrected chi connectivity index (χ3v) is 4.65. The molecule has 0 aliphatic heterocycles. The van der Waals surface area contributed by atoms with E-state index in [9.17, 15) is 4.39 Å². The maximum atomic E-state index is 13.9. The molecule has 3 rings (SSSR count). The molecule has 2 saturated carbocycles. The van der Waals surface area contributed by atoms with Crippen LogP contribution in [0.2, 0.25) is 0 Å². The summed E-state index contributed by atoms with van der Waals surface area (Å²) in [6.07, 6.45) is 7.63. The Balaban J connectivity index is 1.54. The Kier molecular flexibility index (Phi) is 4.91. The molecule has 3 heteroatoms. The molecule has 1 aromatic rings. The van der Waals surface area contributed by atoms with Gasteiger partial charge in [-0.15, -0.1) is 0 Å². The van der Waals surface area contributed by atoms with Crippen LogP contribution in [0, 0.1) is 11.7 Å². The molecule has 0 spiro atoms. The normalized spacial score (nSPS) is 26.0. The van der Waals surface area contributed by atoms with Gasteiger partial charge in [-0.2, -0.15) is 0 Å². The number of nitrogens with one attached hydrogen (secondary N) is 1. The zero-order valence-corrected chi connectivity index (χ0v) is 12.9. The molecule has 1 N–H and O–H groups in total. The second-order valence-electron chi connectivity index (χ2n) is 6.79. The molecule has 2 aliphatic carbocycles. The quantitative estimate of drug-likeness (QED) is 0.849. The van der Waals surface area contributed by atoms with Crippen LogP contribution >= 0.6 is 0 Å². The fourth-order valence-corrected chi connectivity index (χ4v) is 3.14. The standard InChI is InChI=1S/C18H26FNO/c1-13-3-2-4-17(9-13)21-12-15-10-14(5-8-18(15)19)11-20-16-6-7-16/h5,8,10,13,16-17,20H,2-4,6-7,9,11-12H2,1H3. The topological polar surface area (TPSA) is 21.3 Å². The summed E-state index contributed by atoms with van der Waals surface area (Å²) in [5, 5.41) is 3.47. The van der Waals surface area contributed by atoms with Crippen LogP contribution in [0.3, 0.4) is 0 Å². The van der Waals surface area contributed by atoms with Crippen molar-refractivity contribution in [3.8, 4) is 0 Å². The molecular weight excluding hydrogens is 265 g/mol. The highest BCUT2D eigenvalue weighted by atomic mass is 19.1. The summed E-state index contributed by atoms with van der Waals surface area (Å²) in [6.45, 7) is 3.51. The van der Waals surface area contributed by atoms with Gasteiger partial charge in [0.25, 0.3) is 0 Å². The highest BCUT2D eigenvalue weighted by Crippen LogP contribution is 2.27. The van der Waals surface area contributed by atoms with Crippen LogP contribution in [0.5, 0.6) is 0 Å². The molecule has 0 radical (unpaired) electrons. The van der Waals surface area contributed by atoms with E-state index in [1.165, 1.54) is 25.7 Å². The van der Waals surface area contributed by atoms with Gasteiger partial charge >= 0.3 is 0 Å². The Bertz CT molecular complexity index is 472. The second-order valence-corrected chi connectivity index (χ2v) is 6.79. The maximum absolute atomic E-state index is 13.9. The third-order valence-electron chi connectivity index (χ3n) is 4.65. The minimum absolute atomic E-state index is 0.144. The van der Waals surface area contributed by atoms with Crippen molar-refractivity contribution in [2.24, 2.45) is 5.92 Å². The first kappa shape index (κ1) is 15.0. The molecule has 1 aromatic carbocycles. The van der Waals surface area contributed by atoms with Gasteiger partial charge in [-0.05, 0) is 49.3 Å². The molecule has 2 fully saturated rings. The Hall–Kier alpha value is -0.930. The highest BCUT2D eigenvalue weighted by molar-refractivity contribution is 5.24. The molecule has 0 bridgehead atoms. The molecular formula is C18H26FNO. The zero-order chi connectivity index (χ0) is 14.7. The van der Waals surface area contributed by atoms with E-state index in [-0.39, 0.29) is 5.82 Å². The predicted molar refractivity (Wildman–Crippen MR) is 82.5 cm³/mol. The fraction of sp³-hybridized carbons (Fsp3) is 0.667. The van der Waals surface area contributed by atoms with E-state index in [1.54, 1.807) is 6.07 Å². The van der Waals surface area contributed by atoms with Crippen molar-refractivity contribution in [2.45, 2.75) is 70.7 Å². The lowest BCUT2D eigenvalue weighted by Gasteiger charge is -2.26. The molecule has 21 heavy (non-hydrogen) atoms. The summed E-state index contributed by atoms with van der Waals surface area (Å²) in [5.74, 6) is 0.594. The summed E-state index contributed by atoms with van der Waals surface area (Å²) >= 11 is 0. The van der Waals surface area contributed by atoms with Crippen molar-refractivity contribution in [1.29, 1.82) is 0 Å². The maximum Gasteiger partial charge on any atom is 0.128 e. The smallest absolute Gasteiger partial charge is 0.128 e. The predicted octanol–water partition coefficient (Wildman–Crippen LogP) is 4.17. The van der Waals surface area contributed by atoms with E-state index >= 15 is 0 Å². The van der Waals surface area contributed by atoms with Gasteiger partial charge < -0.3 is 10.1 Å². The summed E-state index contributed by atoms with van der Waals surface area (Å²) in [6, 6.07) is 6.08. The van der Waals surface area contributed by atoms with Crippen LogP contribution in [0.1, 0.15) is 56.6 Å². The van der Waals surface area contributed by atoms with Gasteiger partial charge in [0, 0.05) is 18.2 Å². The molecule has 2 aliphatic rings.